The van der Waals surface area contributed by atoms with Gasteiger partial charge in [-0.25, -0.2) is 0 Å². The fourth-order valence-electron chi connectivity index (χ4n) is 2.90. The zero-order chi connectivity index (χ0) is 21.3. The summed E-state index contributed by atoms with van der Waals surface area (Å²) < 4.78 is 43.7. The van der Waals surface area contributed by atoms with Crippen molar-refractivity contribution in [2.24, 2.45) is 0 Å². The molecule has 2 N–H and O–H groups in total. The van der Waals surface area contributed by atoms with Gasteiger partial charge in [-0.05, 0) is 31.5 Å². The molecular weight excluding hydrogens is 409 g/mol. The molecule has 0 spiro atoms. The van der Waals surface area contributed by atoms with Crippen molar-refractivity contribution in [3.63, 3.8) is 0 Å². The van der Waals surface area contributed by atoms with Gasteiger partial charge in [0.15, 0.2) is 11.3 Å². The second kappa shape index (κ2) is 7.79. The standard InChI is InChI=1S/C20H16ClF3N2O3/c1-10-17(19(28)18(21)11(2)26-10)14-8-25-16(7-15(14)27)29-9-12-4-3-5-13(6-12)20(22,23)24/h3-8H,9H2,1-2H3,(H,25,27)(H,26,28). The highest BCUT2D eigenvalue weighted by molar-refractivity contribution is 6.31. The van der Waals surface area contributed by atoms with Crippen LogP contribution in [0.2, 0.25) is 5.02 Å². The lowest BCUT2D eigenvalue weighted by Gasteiger charge is -2.11. The minimum absolute atomic E-state index is 0.00475. The van der Waals surface area contributed by atoms with Crippen LogP contribution >= 0.6 is 11.6 Å². The van der Waals surface area contributed by atoms with E-state index in [4.69, 9.17) is 16.3 Å². The molecular formula is C20H16ClF3N2O3. The van der Waals surface area contributed by atoms with Gasteiger partial charge in [-0.1, -0.05) is 23.7 Å². The van der Waals surface area contributed by atoms with E-state index in [1.165, 1.54) is 18.3 Å². The second-order valence-corrected chi connectivity index (χ2v) is 6.83. The summed E-state index contributed by atoms with van der Waals surface area (Å²) in [6.07, 6.45) is -3.14. The normalized spacial score (nSPS) is 11.5. The van der Waals surface area contributed by atoms with E-state index in [-0.39, 0.29) is 28.6 Å². The van der Waals surface area contributed by atoms with Crippen molar-refractivity contribution in [1.82, 2.24) is 9.97 Å². The van der Waals surface area contributed by atoms with Gasteiger partial charge in [-0.3, -0.25) is 9.59 Å². The number of nitrogens with one attached hydrogen (secondary N) is 2. The van der Waals surface area contributed by atoms with E-state index in [0.29, 0.717) is 17.0 Å². The largest absolute Gasteiger partial charge is 0.474 e. The van der Waals surface area contributed by atoms with Crippen LogP contribution in [0.3, 0.4) is 0 Å². The van der Waals surface area contributed by atoms with Crippen molar-refractivity contribution in [3.8, 4) is 17.0 Å². The molecule has 0 fully saturated rings. The summed E-state index contributed by atoms with van der Waals surface area (Å²) in [6.45, 7) is 3.13. The predicted octanol–water partition coefficient (Wildman–Crippen LogP) is 4.60. The number of hydrogen-bond donors (Lipinski definition) is 2. The molecule has 0 aliphatic heterocycles. The lowest BCUT2D eigenvalue weighted by Crippen LogP contribution is -2.17. The Kier molecular flexibility index (Phi) is 5.57. The molecule has 2 aromatic heterocycles. The first-order valence-electron chi connectivity index (χ1n) is 8.49. The summed E-state index contributed by atoms with van der Waals surface area (Å²) in [7, 11) is 0. The number of benzene rings is 1. The van der Waals surface area contributed by atoms with Gasteiger partial charge in [0.05, 0.1) is 16.7 Å². The summed E-state index contributed by atoms with van der Waals surface area (Å²) in [5.74, 6) is 0.0588. The van der Waals surface area contributed by atoms with Crippen molar-refractivity contribution in [2.75, 3.05) is 0 Å². The van der Waals surface area contributed by atoms with Crippen LogP contribution in [0.25, 0.3) is 11.1 Å². The zero-order valence-electron chi connectivity index (χ0n) is 15.4. The number of aromatic amines is 2. The number of alkyl halides is 3. The quantitative estimate of drug-likeness (QED) is 0.642. The molecule has 0 aliphatic rings. The number of rotatable bonds is 4. The topological polar surface area (TPSA) is 75.0 Å². The molecule has 9 heteroatoms. The van der Waals surface area contributed by atoms with E-state index < -0.39 is 22.6 Å². The smallest absolute Gasteiger partial charge is 0.416 e. The van der Waals surface area contributed by atoms with E-state index in [1.807, 2.05) is 0 Å². The molecule has 5 nitrogen and oxygen atoms in total. The molecule has 3 aromatic rings. The Bertz CT molecular complexity index is 1180. The van der Waals surface area contributed by atoms with Crippen LogP contribution in [-0.4, -0.2) is 9.97 Å². The fraction of sp³-hybridized carbons (Fsp3) is 0.200. The van der Waals surface area contributed by atoms with Crippen LogP contribution in [0.1, 0.15) is 22.5 Å². The number of halogens is 4. The Morgan fingerprint density at radius 3 is 2.48 bits per heavy atom. The summed E-state index contributed by atoms with van der Waals surface area (Å²) in [4.78, 5) is 30.6. The molecule has 0 amide bonds. The fourth-order valence-corrected chi connectivity index (χ4v) is 3.05. The number of ether oxygens (including phenoxy) is 1. The van der Waals surface area contributed by atoms with E-state index in [0.717, 1.165) is 18.2 Å². The van der Waals surface area contributed by atoms with Gasteiger partial charge in [-0.2, -0.15) is 13.2 Å². The molecule has 0 aliphatic carbocycles. The average Bonchev–Trinajstić information content (AvgIpc) is 2.65. The van der Waals surface area contributed by atoms with Crippen LogP contribution in [0.5, 0.6) is 5.88 Å². The molecule has 0 atom stereocenters. The maximum absolute atomic E-state index is 12.8. The molecule has 0 saturated carbocycles. The summed E-state index contributed by atoms with van der Waals surface area (Å²) in [5.41, 5.74) is -0.214. The van der Waals surface area contributed by atoms with Crippen molar-refractivity contribution >= 4 is 11.6 Å². The van der Waals surface area contributed by atoms with Crippen LogP contribution < -0.4 is 15.6 Å². The third kappa shape index (κ3) is 4.37. The van der Waals surface area contributed by atoms with E-state index in [1.54, 1.807) is 13.8 Å². The first-order chi connectivity index (χ1) is 13.6. The number of hydrogen-bond acceptors (Lipinski definition) is 3. The monoisotopic (exact) mass is 424 g/mol. The van der Waals surface area contributed by atoms with E-state index in [2.05, 4.69) is 9.97 Å². The Labute approximate surface area is 168 Å². The van der Waals surface area contributed by atoms with Gasteiger partial charge < -0.3 is 14.7 Å². The van der Waals surface area contributed by atoms with Gasteiger partial charge in [0.25, 0.3) is 0 Å². The minimum atomic E-state index is -4.45. The highest BCUT2D eigenvalue weighted by Crippen LogP contribution is 2.29. The Hall–Kier alpha value is -3.00. The zero-order valence-corrected chi connectivity index (χ0v) is 16.2. The minimum Gasteiger partial charge on any atom is -0.474 e. The Morgan fingerprint density at radius 2 is 1.83 bits per heavy atom. The van der Waals surface area contributed by atoms with Crippen LogP contribution in [0.4, 0.5) is 13.2 Å². The molecule has 0 unspecified atom stereocenters. The number of aryl methyl sites for hydroxylation is 2. The maximum Gasteiger partial charge on any atom is 0.416 e. The summed E-state index contributed by atoms with van der Waals surface area (Å²) in [5, 5.41) is -0.00475. The lowest BCUT2D eigenvalue weighted by atomic mass is 10.0. The highest BCUT2D eigenvalue weighted by atomic mass is 35.5. The Morgan fingerprint density at radius 1 is 1.10 bits per heavy atom. The highest BCUT2D eigenvalue weighted by Gasteiger charge is 2.30. The molecule has 0 bridgehead atoms. The van der Waals surface area contributed by atoms with Gasteiger partial charge >= 0.3 is 6.18 Å². The van der Waals surface area contributed by atoms with Gasteiger partial charge in [0.1, 0.15) is 11.6 Å². The van der Waals surface area contributed by atoms with Crippen LogP contribution in [0.15, 0.2) is 46.1 Å². The van der Waals surface area contributed by atoms with Crippen LogP contribution in [0, 0.1) is 13.8 Å². The molecule has 0 radical (unpaired) electrons. The van der Waals surface area contributed by atoms with Gasteiger partial charge in [-0.15, -0.1) is 0 Å². The molecule has 152 valence electrons. The summed E-state index contributed by atoms with van der Waals surface area (Å²) >= 11 is 5.99. The van der Waals surface area contributed by atoms with Crippen molar-refractivity contribution < 1.29 is 17.9 Å². The number of pyridine rings is 2. The third-order valence-electron chi connectivity index (χ3n) is 4.31. The molecule has 1 aromatic carbocycles. The SMILES string of the molecule is Cc1[nH]c(C)c(-c2c[nH]c(OCc3cccc(C(F)(F)F)c3)cc2=O)c(=O)c1Cl. The van der Waals surface area contributed by atoms with E-state index in [9.17, 15) is 22.8 Å². The molecule has 3 rings (SSSR count). The maximum atomic E-state index is 12.8. The van der Waals surface area contributed by atoms with Crippen LogP contribution in [-0.2, 0) is 12.8 Å². The first-order valence-corrected chi connectivity index (χ1v) is 8.86. The average molecular weight is 425 g/mol. The Balaban J connectivity index is 1.86. The lowest BCUT2D eigenvalue weighted by molar-refractivity contribution is -0.137. The van der Waals surface area contributed by atoms with Gasteiger partial charge in [0, 0.05) is 23.7 Å². The molecule has 0 saturated heterocycles. The number of aromatic nitrogens is 2. The second-order valence-electron chi connectivity index (χ2n) is 6.46. The third-order valence-corrected chi connectivity index (χ3v) is 4.77. The van der Waals surface area contributed by atoms with Crippen molar-refractivity contribution in [1.29, 1.82) is 0 Å². The molecule has 29 heavy (non-hydrogen) atoms. The predicted molar refractivity (Wildman–Crippen MR) is 103 cm³/mol. The van der Waals surface area contributed by atoms with E-state index >= 15 is 0 Å². The molecule has 2 heterocycles. The van der Waals surface area contributed by atoms with Crippen molar-refractivity contribution in [2.45, 2.75) is 26.6 Å². The number of H-pyrrole nitrogens is 2. The summed E-state index contributed by atoms with van der Waals surface area (Å²) in [6, 6.07) is 5.84. The van der Waals surface area contributed by atoms with Crippen molar-refractivity contribution in [3.05, 3.63) is 84.5 Å². The first kappa shape index (κ1) is 20.7. The van der Waals surface area contributed by atoms with Gasteiger partial charge in [0.2, 0.25) is 5.43 Å².